The summed E-state index contributed by atoms with van der Waals surface area (Å²) >= 11 is 12.0. The number of carbonyl (C=O) groups is 2. The fourth-order valence-corrected chi connectivity index (χ4v) is 3.01. The molecule has 2 aromatic rings. The van der Waals surface area contributed by atoms with Crippen LogP contribution in [-0.2, 0) is 16.1 Å². The number of carbonyl (C=O) groups excluding carboxylic acids is 2. The van der Waals surface area contributed by atoms with Crippen molar-refractivity contribution in [3.63, 3.8) is 0 Å². The van der Waals surface area contributed by atoms with Crippen LogP contribution in [0.5, 0.6) is 0 Å². The Morgan fingerprint density at radius 2 is 1.85 bits per heavy atom. The van der Waals surface area contributed by atoms with Gasteiger partial charge in [-0.2, -0.15) is 0 Å². The van der Waals surface area contributed by atoms with Crippen molar-refractivity contribution in [2.75, 3.05) is 0 Å². The van der Waals surface area contributed by atoms with E-state index in [4.69, 9.17) is 27.9 Å². The minimum atomic E-state index is -0.679. The van der Waals surface area contributed by atoms with E-state index < -0.39 is 18.0 Å². The molecule has 0 bridgehead atoms. The monoisotopic (exact) mass is 390 g/mol. The number of halogens is 2. The van der Waals surface area contributed by atoms with Gasteiger partial charge in [0.05, 0.1) is 21.7 Å². The minimum absolute atomic E-state index is 0.137. The molecule has 5 nitrogen and oxygen atoms in total. The molecule has 1 aliphatic rings. The minimum Gasteiger partial charge on any atom is -0.457 e. The zero-order valence-electron chi connectivity index (χ0n) is 13.9. The standard InChI is InChI=1S/C19H16Cl2N2O3/c1-11-16(18(24)26-10-12-5-3-2-4-6-12)17(23-19(25)22-11)13-7-8-14(20)15(21)9-13/h2-9,17H,10H2,1H3,(H2,22,23,25)/t17-/m1/s1. The average Bonchev–Trinajstić information content (AvgIpc) is 2.62. The van der Waals surface area contributed by atoms with E-state index in [1.807, 2.05) is 30.3 Å². The van der Waals surface area contributed by atoms with Gasteiger partial charge in [-0.3, -0.25) is 0 Å². The largest absolute Gasteiger partial charge is 0.457 e. The molecule has 1 atom stereocenters. The van der Waals surface area contributed by atoms with Crippen LogP contribution in [0.3, 0.4) is 0 Å². The van der Waals surface area contributed by atoms with Crippen molar-refractivity contribution in [1.29, 1.82) is 0 Å². The second kappa shape index (κ2) is 7.81. The Labute approximate surface area is 160 Å². The molecule has 134 valence electrons. The maximum absolute atomic E-state index is 12.7. The molecule has 0 radical (unpaired) electrons. The summed E-state index contributed by atoms with van der Waals surface area (Å²) in [6.07, 6.45) is 0. The molecule has 0 saturated heterocycles. The Bertz CT molecular complexity index is 882. The van der Waals surface area contributed by atoms with E-state index in [2.05, 4.69) is 10.6 Å². The van der Waals surface area contributed by atoms with Crippen LogP contribution >= 0.6 is 23.2 Å². The highest BCUT2D eigenvalue weighted by atomic mass is 35.5. The predicted molar refractivity (Wildman–Crippen MR) is 99.8 cm³/mol. The van der Waals surface area contributed by atoms with Crippen molar-refractivity contribution in [2.24, 2.45) is 0 Å². The lowest BCUT2D eigenvalue weighted by atomic mass is 9.95. The number of benzene rings is 2. The normalized spacial score (nSPS) is 16.7. The second-order valence-electron chi connectivity index (χ2n) is 5.81. The molecule has 0 aromatic heterocycles. The maximum Gasteiger partial charge on any atom is 0.338 e. The van der Waals surface area contributed by atoms with E-state index in [-0.39, 0.29) is 6.61 Å². The van der Waals surface area contributed by atoms with Gasteiger partial charge in [-0.15, -0.1) is 0 Å². The number of nitrogens with one attached hydrogen (secondary N) is 2. The molecule has 7 heteroatoms. The first kappa shape index (κ1) is 18.3. The number of esters is 1. The quantitative estimate of drug-likeness (QED) is 0.761. The van der Waals surface area contributed by atoms with Crippen LogP contribution in [0.25, 0.3) is 0 Å². The molecule has 2 amide bonds. The van der Waals surface area contributed by atoms with Gasteiger partial charge >= 0.3 is 12.0 Å². The Balaban J connectivity index is 1.87. The molecule has 2 aromatic carbocycles. The number of amides is 2. The summed E-state index contributed by atoms with van der Waals surface area (Å²) in [6.45, 7) is 1.79. The summed E-state index contributed by atoms with van der Waals surface area (Å²) in [6, 6.07) is 13.2. The fraction of sp³-hybridized carbons (Fsp3) is 0.158. The number of urea groups is 1. The fourth-order valence-electron chi connectivity index (χ4n) is 2.71. The van der Waals surface area contributed by atoms with Crippen molar-refractivity contribution in [2.45, 2.75) is 19.6 Å². The van der Waals surface area contributed by atoms with Gasteiger partial charge in [0.15, 0.2) is 0 Å². The summed E-state index contributed by atoms with van der Waals surface area (Å²) in [7, 11) is 0. The molecule has 1 heterocycles. The number of hydrogen-bond donors (Lipinski definition) is 2. The summed E-state index contributed by atoms with van der Waals surface area (Å²) in [4.78, 5) is 24.6. The van der Waals surface area contributed by atoms with E-state index in [0.717, 1.165) is 5.56 Å². The molecule has 1 aliphatic heterocycles. The predicted octanol–water partition coefficient (Wildman–Crippen LogP) is 4.36. The topological polar surface area (TPSA) is 67.4 Å². The van der Waals surface area contributed by atoms with E-state index in [0.29, 0.717) is 26.9 Å². The molecule has 2 N–H and O–H groups in total. The molecule has 3 rings (SSSR count). The highest BCUT2D eigenvalue weighted by Gasteiger charge is 2.32. The van der Waals surface area contributed by atoms with Crippen LogP contribution in [0.15, 0.2) is 59.8 Å². The molecule has 0 aliphatic carbocycles. The van der Waals surface area contributed by atoms with Gasteiger partial charge in [0.1, 0.15) is 6.61 Å². The third kappa shape index (κ3) is 4.00. The first-order chi connectivity index (χ1) is 12.5. The number of allylic oxidation sites excluding steroid dienone is 1. The zero-order chi connectivity index (χ0) is 18.7. The highest BCUT2D eigenvalue weighted by molar-refractivity contribution is 6.42. The van der Waals surface area contributed by atoms with Gasteiger partial charge < -0.3 is 15.4 Å². The maximum atomic E-state index is 12.7. The second-order valence-corrected chi connectivity index (χ2v) is 6.62. The molecule has 26 heavy (non-hydrogen) atoms. The van der Waals surface area contributed by atoms with Crippen LogP contribution in [0.1, 0.15) is 24.1 Å². The van der Waals surface area contributed by atoms with Gasteiger partial charge in [-0.25, -0.2) is 9.59 Å². The lowest BCUT2D eigenvalue weighted by Crippen LogP contribution is -2.45. The van der Waals surface area contributed by atoms with E-state index in [9.17, 15) is 9.59 Å². The van der Waals surface area contributed by atoms with Crippen molar-refractivity contribution in [3.8, 4) is 0 Å². The van der Waals surface area contributed by atoms with Crippen LogP contribution < -0.4 is 10.6 Å². The average molecular weight is 391 g/mol. The molecular weight excluding hydrogens is 375 g/mol. The van der Waals surface area contributed by atoms with E-state index in [1.54, 1.807) is 25.1 Å². The summed E-state index contributed by atoms with van der Waals surface area (Å²) < 4.78 is 5.43. The number of rotatable bonds is 4. The first-order valence-corrected chi connectivity index (χ1v) is 8.65. The highest BCUT2D eigenvalue weighted by Crippen LogP contribution is 2.32. The lowest BCUT2D eigenvalue weighted by molar-refractivity contribution is -0.140. The molecule has 0 spiro atoms. The molecule has 0 unspecified atom stereocenters. The third-order valence-corrected chi connectivity index (χ3v) is 4.72. The SMILES string of the molecule is CC1=C(C(=O)OCc2ccccc2)[C@@H](c2ccc(Cl)c(Cl)c2)NC(=O)N1. The van der Waals surface area contributed by atoms with Gasteiger partial charge in [0.25, 0.3) is 0 Å². The van der Waals surface area contributed by atoms with Crippen LogP contribution in [0.2, 0.25) is 10.0 Å². The van der Waals surface area contributed by atoms with Crippen molar-refractivity contribution >= 4 is 35.2 Å². The van der Waals surface area contributed by atoms with Crippen LogP contribution in [0.4, 0.5) is 4.79 Å². The Morgan fingerprint density at radius 3 is 2.54 bits per heavy atom. The summed E-state index contributed by atoms with van der Waals surface area (Å²) in [5, 5.41) is 6.06. The van der Waals surface area contributed by atoms with Crippen molar-refractivity contribution < 1.29 is 14.3 Å². The summed E-state index contributed by atoms with van der Waals surface area (Å²) in [5.41, 5.74) is 2.26. The third-order valence-electron chi connectivity index (χ3n) is 3.98. The smallest absolute Gasteiger partial charge is 0.338 e. The molecule has 0 fully saturated rings. The lowest BCUT2D eigenvalue weighted by Gasteiger charge is -2.28. The van der Waals surface area contributed by atoms with Crippen LogP contribution in [0, 0.1) is 0 Å². The molecular formula is C19H16Cl2N2O3. The van der Waals surface area contributed by atoms with Crippen molar-refractivity contribution in [1.82, 2.24) is 10.6 Å². The summed E-state index contributed by atoms with van der Waals surface area (Å²) in [5.74, 6) is -0.519. The Kier molecular flexibility index (Phi) is 5.49. The zero-order valence-corrected chi connectivity index (χ0v) is 15.4. The Morgan fingerprint density at radius 1 is 1.12 bits per heavy atom. The van der Waals surface area contributed by atoms with E-state index in [1.165, 1.54) is 0 Å². The van der Waals surface area contributed by atoms with E-state index >= 15 is 0 Å². The Hall–Kier alpha value is -2.50. The number of hydrogen-bond acceptors (Lipinski definition) is 3. The van der Waals surface area contributed by atoms with Crippen molar-refractivity contribution in [3.05, 3.63) is 81.0 Å². The van der Waals surface area contributed by atoms with Gasteiger partial charge in [-0.1, -0.05) is 59.6 Å². The first-order valence-electron chi connectivity index (χ1n) is 7.90. The number of ether oxygens (including phenoxy) is 1. The van der Waals surface area contributed by atoms with Gasteiger partial charge in [0.2, 0.25) is 0 Å². The van der Waals surface area contributed by atoms with Crippen LogP contribution in [-0.4, -0.2) is 12.0 Å². The molecule has 0 saturated carbocycles. The van der Waals surface area contributed by atoms with Gasteiger partial charge in [-0.05, 0) is 30.2 Å². The van der Waals surface area contributed by atoms with Gasteiger partial charge in [0, 0.05) is 5.70 Å².